The molecule has 3 N–H and O–H groups in total. The topological polar surface area (TPSA) is 95.9 Å². The highest BCUT2D eigenvalue weighted by Crippen LogP contribution is 2.18. The second kappa shape index (κ2) is 57.2. The van der Waals surface area contributed by atoms with E-state index >= 15 is 0 Å². The van der Waals surface area contributed by atoms with Gasteiger partial charge in [0.1, 0.15) is 6.10 Å². The van der Waals surface area contributed by atoms with Crippen molar-refractivity contribution in [3.05, 3.63) is 72.9 Å². The zero-order valence-corrected chi connectivity index (χ0v) is 46.4. The minimum Gasteiger partial charge on any atom is -0.462 e. The Morgan fingerprint density at radius 2 is 0.771 bits per heavy atom. The third-order valence-electron chi connectivity index (χ3n) is 13.6. The fourth-order valence-electron chi connectivity index (χ4n) is 9.05. The number of allylic oxidation sites excluding steroid dienone is 12. The van der Waals surface area contributed by atoms with Crippen LogP contribution in [0, 0.1) is 0 Å². The lowest BCUT2D eigenvalue weighted by atomic mass is 10.0. The van der Waals surface area contributed by atoms with Crippen LogP contribution in [0.1, 0.15) is 297 Å². The summed E-state index contributed by atoms with van der Waals surface area (Å²) in [7, 11) is 0. The average molecular weight is 979 g/mol. The lowest BCUT2D eigenvalue weighted by Crippen LogP contribution is -2.46. The summed E-state index contributed by atoms with van der Waals surface area (Å²) >= 11 is 0. The molecule has 3 unspecified atom stereocenters. The van der Waals surface area contributed by atoms with Crippen LogP contribution in [-0.4, -0.2) is 46.9 Å². The second-order valence-corrected chi connectivity index (χ2v) is 20.5. The molecule has 0 aromatic heterocycles. The van der Waals surface area contributed by atoms with Crippen molar-refractivity contribution >= 4 is 11.9 Å². The van der Waals surface area contributed by atoms with E-state index in [0.29, 0.717) is 19.3 Å². The summed E-state index contributed by atoms with van der Waals surface area (Å²) in [6.07, 6.45) is 74.0. The predicted octanol–water partition coefficient (Wildman–Crippen LogP) is 18.9. The van der Waals surface area contributed by atoms with Gasteiger partial charge in [0.25, 0.3) is 0 Å². The quantitative estimate of drug-likeness (QED) is 0.0244. The molecule has 0 saturated carbocycles. The monoisotopic (exact) mass is 978 g/mol. The Morgan fingerprint density at radius 1 is 0.414 bits per heavy atom. The summed E-state index contributed by atoms with van der Waals surface area (Å²) in [6, 6.07) is -0.720. The molecule has 0 aliphatic rings. The van der Waals surface area contributed by atoms with Crippen LogP contribution >= 0.6 is 0 Å². The van der Waals surface area contributed by atoms with E-state index in [4.69, 9.17) is 4.74 Å². The molecule has 0 aromatic carbocycles. The molecule has 0 fully saturated rings. The number of amides is 1. The molecule has 0 radical (unpaired) electrons. The first-order chi connectivity index (χ1) is 34.5. The third kappa shape index (κ3) is 51.6. The van der Waals surface area contributed by atoms with Crippen LogP contribution in [0.5, 0.6) is 0 Å². The minimum absolute atomic E-state index is 0.0475. The number of aliphatic hydroxyl groups excluding tert-OH is 2. The number of unbranched alkanes of at least 4 members (excludes halogenated alkanes) is 34. The van der Waals surface area contributed by atoms with E-state index in [2.05, 4.69) is 68.6 Å². The van der Waals surface area contributed by atoms with Crippen molar-refractivity contribution in [1.82, 2.24) is 5.32 Å². The molecular formula is C64H115NO5. The van der Waals surface area contributed by atoms with E-state index in [0.717, 1.165) is 70.6 Å². The van der Waals surface area contributed by atoms with Crippen molar-refractivity contribution in [1.29, 1.82) is 0 Å². The van der Waals surface area contributed by atoms with Gasteiger partial charge < -0.3 is 20.3 Å². The predicted molar refractivity (Wildman–Crippen MR) is 305 cm³/mol. The zero-order valence-electron chi connectivity index (χ0n) is 46.4. The zero-order chi connectivity index (χ0) is 50.9. The Hall–Kier alpha value is -2.70. The maximum Gasteiger partial charge on any atom is 0.306 e. The molecule has 6 nitrogen and oxygen atoms in total. The summed E-state index contributed by atoms with van der Waals surface area (Å²) < 4.78 is 5.95. The first-order valence-corrected chi connectivity index (χ1v) is 30.2. The van der Waals surface area contributed by atoms with Crippen LogP contribution < -0.4 is 5.32 Å². The van der Waals surface area contributed by atoms with Gasteiger partial charge in [-0.15, -0.1) is 0 Å². The third-order valence-corrected chi connectivity index (χ3v) is 13.6. The molecule has 0 aliphatic heterocycles. The van der Waals surface area contributed by atoms with Crippen molar-refractivity contribution in [2.45, 2.75) is 315 Å². The van der Waals surface area contributed by atoms with Crippen LogP contribution in [0.4, 0.5) is 0 Å². The molecule has 0 spiro atoms. The number of hydrogen-bond donors (Lipinski definition) is 3. The number of rotatable bonds is 54. The Labute approximate surface area is 434 Å². The van der Waals surface area contributed by atoms with Crippen molar-refractivity contribution in [3.8, 4) is 0 Å². The van der Waals surface area contributed by atoms with Crippen LogP contribution in [-0.2, 0) is 14.3 Å². The Balaban J connectivity index is 4.61. The number of nitrogens with one attached hydrogen (secondary N) is 1. The average Bonchev–Trinajstić information content (AvgIpc) is 3.35. The molecule has 0 rings (SSSR count). The van der Waals surface area contributed by atoms with Crippen LogP contribution in [0.15, 0.2) is 72.9 Å². The van der Waals surface area contributed by atoms with Gasteiger partial charge >= 0.3 is 5.97 Å². The highest BCUT2D eigenvalue weighted by Gasteiger charge is 2.24. The van der Waals surface area contributed by atoms with Gasteiger partial charge in [-0.1, -0.05) is 286 Å². The number of carbonyl (C=O) groups excluding carboxylic acids is 2. The minimum atomic E-state index is -0.804. The number of carbonyl (C=O) groups is 2. The highest BCUT2D eigenvalue weighted by atomic mass is 16.5. The number of esters is 1. The largest absolute Gasteiger partial charge is 0.462 e. The Bertz CT molecular complexity index is 1280. The van der Waals surface area contributed by atoms with Crippen molar-refractivity contribution in [2.75, 3.05) is 6.61 Å². The van der Waals surface area contributed by atoms with E-state index in [1.54, 1.807) is 0 Å². The summed E-state index contributed by atoms with van der Waals surface area (Å²) in [4.78, 5) is 26.3. The van der Waals surface area contributed by atoms with Gasteiger partial charge in [0.05, 0.1) is 25.2 Å². The van der Waals surface area contributed by atoms with Crippen molar-refractivity contribution < 1.29 is 24.5 Å². The maximum atomic E-state index is 13.3. The standard InChI is InChI=1S/C64H115NO5/c1-4-7-10-13-16-19-22-25-28-31-32-33-36-39-42-45-48-51-54-57-64(69)70-60(55-52-49-46-43-40-37-34-29-26-23-20-17-14-11-8-5-2)58-63(68)65-61(59-66)62(67)56-53-50-47-44-41-38-35-30-27-24-21-18-15-12-9-6-3/h11,14,17,20,23,25-26,28-29,34,37,40,60-62,66-67H,4-10,12-13,15-16,18-19,21-22,24,27,30-33,35-36,38-39,41-59H2,1-3H3,(H,65,68)/b14-11+,20-17+,26-23+,28-25+,34-29+,40-37+. The van der Waals surface area contributed by atoms with E-state index < -0.39 is 18.2 Å². The van der Waals surface area contributed by atoms with Crippen molar-refractivity contribution in [3.63, 3.8) is 0 Å². The van der Waals surface area contributed by atoms with Crippen LogP contribution in [0.3, 0.4) is 0 Å². The summed E-state index contributed by atoms with van der Waals surface area (Å²) in [5.41, 5.74) is 0. The molecule has 0 bridgehead atoms. The highest BCUT2D eigenvalue weighted by molar-refractivity contribution is 5.77. The molecule has 6 heteroatoms. The summed E-state index contributed by atoms with van der Waals surface area (Å²) in [5.74, 6) is -0.511. The number of aliphatic hydroxyl groups is 2. The van der Waals surface area contributed by atoms with E-state index in [9.17, 15) is 19.8 Å². The lowest BCUT2D eigenvalue weighted by molar-refractivity contribution is -0.151. The maximum absolute atomic E-state index is 13.3. The molecule has 0 saturated heterocycles. The molecule has 1 amide bonds. The lowest BCUT2D eigenvalue weighted by Gasteiger charge is -2.24. The fourth-order valence-corrected chi connectivity index (χ4v) is 9.05. The SMILES string of the molecule is CCC/C=C/C=C/C=C/C=C/C=C/CCCCCC(CC(=O)NC(CO)C(O)CCCCCCCCCCCCCCCCCC)OC(=O)CCCCCCCCCCC/C=C/CCCCCCCC. The number of hydrogen-bond acceptors (Lipinski definition) is 5. The van der Waals surface area contributed by atoms with E-state index in [-0.39, 0.29) is 24.9 Å². The van der Waals surface area contributed by atoms with Crippen LogP contribution in [0.25, 0.3) is 0 Å². The molecule has 0 heterocycles. The van der Waals surface area contributed by atoms with Gasteiger partial charge in [0, 0.05) is 6.42 Å². The normalized spacial score (nSPS) is 13.6. The van der Waals surface area contributed by atoms with Crippen molar-refractivity contribution in [2.24, 2.45) is 0 Å². The fraction of sp³-hybridized carbons (Fsp3) is 0.781. The van der Waals surface area contributed by atoms with Crippen LogP contribution in [0.2, 0.25) is 0 Å². The number of ether oxygens (including phenoxy) is 1. The van der Waals surface area contributed by atoms with Gasteiger partial charge in [-0.25, -0.2) is 0 Å². The molecule has 70 heavy (non-hydrogen) atoms. The molecule has 0 aliphatic carbocycles. The molecule has 406 valence electrons. The first kappa shape index (κ1) is 67.3. The van der Waals surface area contributed by atoms with Gasteiger partial charge in [-0.2, -0.15) is 0 Å². The molecular weight excluding hydrogens is 863 g/mol. The first-order valence-electron chi connectivity index (χ1n) is 30.2. The molecule has 0 aromatic rings. The van der Waals surface area contributed by atoms with Gasteiger partial charge in [-0.3, -0.25) is 9.59 Å². The summed E-state index contributed by atoms with van der Waals surface area (Å²) in [5, 5.41) is 23.9. The van der Waals surface area contributed by atoms with Gasteiger partial charge in [0.15, 0.2) is 0 Å². The smallest absolute Gasteiger partial charge is 0.306 e. The van der Waals surface area contributed by atoms with E-state index in [1.165, 1.54) is 180 Å². The summed E-state index contributed by atoms with van der Waals surface area (Å²) in [6.45, 7) is 6.41. The Morgan fingerprint density at radius 3 is 1.21 bits per heavy atom. The molecule has 3 atom stereocenters. The van der Waals surface area contributed by atoms with Gasteiger partial charge in [0.2, 0.25) is 5.91 Å². The van der Waals surface area contributed by atoms with E-state index in [1.807, 2.05) is 30.4 Å². The Kier molecular flexibility index (Phi) is 55.0. The van der Waals surface area contributed by atoms with Gasteiger partial charge in [-0.05, 0) is 70.6 Å². The second-order valence-electron chi connectivity index (χ2n) is 20.5.